The van der Waals surface area contributed by atoms with E-state index in [0.29, 0.717) is 13.0 Å². The minimum atomic E-state index is -0.756. The molecule has 3 rings (SSSR count). The van der Waals surface area contributed by atoms with E-state index in [1.54, 1.807) is 11.2 Å². The van der Waals surface area contributed by atoms with Gasteiger partial charge in [0.1, 0.15) is 11.3 Å². The van der Waals surface area contributed by atoms with Crippen LogP contribution in [0.3, 0.4) is 0 Å². The molecule has 2 fully saturated rings. The van der Waals surface area contributed by atoms with Crippen LogP contribution in [0.25, 0.3) is 0 Å². The Labute approximate surface area is 118 Å². The maximum atomic E-state index is 12.9. The van der Waals surface area contributed by atoms with Gasteiger partial charge in [0.25, 0.3) is 0 Å². The number of carbonyl (C=O) groups is 2. The Kier molecular flexibility index (Phi) is 3.07. The SMILES string of the molecule is CC(c1ccco1)N1CCC(=O)NC(C)(C2CC2)C1=O. The summed E-state index contributed by atoms with van der Waals surface area (Å²) in [4.78, 5) is 26.6. The Morgan fingerprint density at radius 2 is 2.20 bits per heavy atom. The van der Waals surface area contributed by atoms with Gasteiger partial charge in [0.2, 0.25) is 11.8 Å². The highest BCUT2D eigenvalue weighted by molar-refractivity contribution is 5.94. The molecule has 2 amide bonds. The Balaban J connectivity index is 1.90. The average Bonchev–Trinajstić information content (AvgIpc) is 3.15. The van der Waals surface area contributed by atoms with Gasteiger partial charge in [0, 0.05) is 13.0 Å². The molecule has 1 aromatic rings. The summed E-state index contributed by atoms with van der Waals surface area (Å²) < 4.78 is 5.41. The number of carbonyl (C=O) groups excluding carboxylic acids is 2. The van der Waals surface area contributed by atoms with Crippen molar-refractivity contribution in [1.82, 2.24) is 10.2 Å². The summed E-state index contributed by atoms with van der Waals surface area (Å²) in [5.41, 5.74) is -0.756. The number of rotatable bonds is 3. The molecule has 1 N–H and O–H groups in total. The van der Waals surface area contributed by atoms with Gasteiger partial charge < -0.3 is 14.6 Å². The first-order valence-corrected chi connectivity index (χ1v) is 7.18. The second-order valence-corrected chi connectivity index (χ2v) is 5.96. The lowest BCUT2D eigenvalue weighted by Gasteiger charge is -2.34. The van der Waals surface area contributed by atoms with Gasteiger partial charge in [0.05, 0.1) is 12.3 Å². The van der Waals surface area contributed by atoms with Crippen LogP contribution >= 0.6 is 0 Å². The first kappa shape index (κ1) is 13.2. The lowest BCUT2D eigenvalue weighted by Crippen LogP contribution is -2.57. The summed E-state index contributed by atoms with van der Waals surface area (Å²) in [5, 5.41) is 2.94. The lowest BCUT2D eigenvalue weighted by atomic mass is 9.93. The van der Waals surface area contributed by atoms with Gasteiger partial charge in [-0.25, -0.2) is 0 Å². The highest BCUT2D eigenvalue weighted by atomic mass is 16.3. The van der Waals surface area contributed by atoms with Gasteiger partial charge in [-0.05, 0) is 44.7 Å². The highest BCUT2D eigenvalue weighted by Gasteiger charge is 2.51. The fraction of sp³-hybridized carbons (Fsp3) is 0.600. The first-order valence-electron chi connectivity index (χ1n) is 7.18. The van der Waals surface area contributed by atoms with Crippen LogP contribution in [0.2, 0.25) is 0 Å². The quantitative estimate of drug-likeness (QED) is 0.916. The topological polar surface area (TPSA) is 62.6 Å². The molecule has 1 aliphatic heterocycles. The molecule has 2 aliphatic rings. The average molecular weight is 276 g/mol. The Bertz CT molecular complexity index is 521. The van der Waals surface area contributed by atoms with Crippen LogP contribution < -0.4 is 5.32 Å². The summed E-state index contributed by atoms with van der Waals surface area (Å²) in [6.45, 7) is 4.24. The van der Waals surface area contributed by atoms with E-state index in [4.69, 9.17) is 4.42 Å². The van der Waals surface area contributed by atoms with E-state index >= 15 is 0 Å². The third-order valence-corrected chi connectivity index (χ3v) is 4.50. The normalized spacial score (nSPS) is 29.0. The van der Waals surface area contributed by atoms with Crippen molar-refractivity contribution in [1.29, 1.82) is 0 Å². The molecule has 1 aliphatic carbocycles. The summed E-state index contributed by atoms with van der Waals surface area (Å²) in [6, 6.07) is 3.53. The smallest absolute Gasteiger partial charge is 0.248 e. The zero-order valence-corrected chi connectivity index (χ0v) is 11.9. The van der Waals surface area contributed by atoms with Crippen molar-refractivity contribution in [3.63, 3.8) is 0 Å². The lowest BCUT2D eigenvalue weighted by molar-refractivity contribution is -0.141. The van der Waals surface area contributed by atoms with Crippen LogP contribution in [-0.2, 0) is 9.59 Å². The molecule has 0 aromatic carbocycles. The minimum Gasteiger partial charge on any atom is -0.467 e. The maximum Gasteiger partial charge on any atom is 0.248 e. The second kappa shape index (κ2) is 4.65. The standard InChI is InChI=1S/C15H20N2O3/c1-10(12-4-3-9-20-12)17-8-7-13(18)16-15(2,14(17)19)11-5-6-11/h3-4,9-11H,5-8H2,1-2H3,(H,16,18). The Morgan fingerprint density at radius 1 is 1.45 bits per heavy atom. The molecule has 2 unspecified atom stereocenters. The van der Waals surface area contributed by atoms with Gasteiger partial charge in [-0.15, -0.1) is 0 Å². The molecular formula is C15H20N2O3. The number of furan rings is 1. The molecule has 108 valence electrons. The number of nitrogens with one attached hydrogen (secondary N) is 1. The van der Waals surface area contributed by atoms with E-state index in [-0.39, 0.29) is 23.8 Å². The van der Waals surface area contributed by atoms with Crippen molar-refractivity contribution < 1.29 is 14.0 Å². The number of nitrogens with zero attached hydrogens (tertiary/aromatic N) is 1. The van der Waals surface area contributed by atoms with Crippen LogP contribution in [-0.4, -0.2) is 28.8 Å². The highest BCUT2D eigenvalue weighted by Crippen LogP contribution is 2.42. The van der Waals surface area contributed by atoms with E-state index in [1.165, 1.54) is 0 Å². The van der Waals surface area contributed by atoms with Crippen LogP contribution in [0.5, 0.6) is 0 Å². The predicted molar refractivity (Wildman–Crippen MR) is 72.7 cm³/mol. The molecule has 1 saturated heterocycles. The largest absolute Gasteiger partial charge is 0.467 e. The van der Waals surface area contributed by atoms with Crippen molar-refractivity contribution in [2.45, 2.75) is 44.7 Å². The molecule has 20 heavy (non-hydrogen) atoms. The fourth-order valence-electron chi connectivity index (χ4n) is 3.02. The number of amides is 2. The van der Waals surface area contributed by atoms with Crippen LogP contribution in [0, 0.1) is 5.92 Å². The van der Waals surface area contributed by atoms with Crippen LogP contribution in [0.15, 0.2) is 22.8 Å². The first-order chi connectivity index (χ1) is 9.52. The third-order valence-electron chi connectivity index (χ3n) is 4.50. The fourth-order valence-corrected chi connectivity index (χ4v) is 3.02. The molecule has 0 spiro atoms. The minimum absolute atomic E-state index is 0.00903. The number of hydrogen-bond acceptors (Lipinski definition) is 3. The predicted octanol–water partition coefficient (Wildman–Crippen LogP) is 1.86. The monoisotopic (exact) mass is 276 g/mol. The molecule has 1 aromatic heterocycles. The van der Waals surface area contributed by atoms with Gasteiger partial charge in [-0.3, -0.25) is 9.59 Å². The zero-order valence-electron chi connectivity index (χ0n) is 11.9. The molecule has 5 nitrogen and oxygen atoms in total. The van der Waals surface area contributed by atoms with Crippen molar-refractivity contribution >= 4 is 11.8 Å². The van der Waals surface area contributed by atoms with Crippen molar-refractivity contribution in [3.05, 3.63) is 24.2 Å². The molecule has 5 heteroatoms. The molecular weight excluding hydrogens is 256 g/mol. The van der Waals surface area contributed by atoms with Gasteiger partial charge in [-0.1, -0.05) is 0 Å². The van der Waals surface area contributed by atoms with E-state index in [2.05, 4.69) is 5.32 Å². The second-order valence-electron chi connectivity index (χ2n) is 5.96. The number of hydrogen-bond donors (Lipinski definition) is 1. The van der Waals surface area contributed by atoms with Gasteiger partial charge >= 0.3 is 0 Å². The summed E-state index contributed by atoms with van der Waals surface area (Å²) in [7, 11) is 0. The zero-order chi connectivity index (χ0) is 14.3. The van der Waals surface area contributed by atoms with Gasteiger partial charge in [-0.2, -0.15) is 0 Å². The Morgan fingerprint density at radius 3 is 2.80 bits per heavy atom. The van der Waals surface area contributed by atoms with Crippen molar-refractivity contribution in [2.75, 3.05) is 6.54 Å². The van der Waals surface area contributed by atoms with Crippen LogP contribution in [0.4, 0.5) is 0 Å². The van der Waals surface area contributed by atoms with Crippen molar-refractivity contribution in [2.24, 2.45) is 5.92 Å². The third kappa shape index (κ3) is 2.11. The van der Waals surface area contributed by atoms with E-state index < -0.39 is 5.54 Å². The molecule has 0 bridgehead atoms. The summed E-state index contributed by atoms with van der Waals surface area (Å²) >= 11 is 0. The van der Waals surface area contributed by atoms with Crippen molar-refractivity contribution in [3.8, 4) is 0 Å². The van der Waals surface area contributed by atoms with Gasteiger partial charge in [0.15, 0.2) is 0 Å². The molecule has 2 atom stereocenters. The summed E-state index contributed by atoms with van der Waals surface area (Å²) in [5.74, 6) is 0.992. The molecule has 1 saturated carbocycles. The molecule has 0 radical (unpaired) electrons. The Hall–Kier alpha value is -1.78. The van der Waals surface area contributed by atoms with Crippen LogP contribution in [0.1, 0.15) is 44.9 Å². The van der Waals surface area contributed by atoms with E-state index in [9.17, 15) is 9.59 Å². The summed E-state index contributed by atoms with van der Waals surface area (Å²) in [6.07, 6.45) is 3.97. The van der Waals surface area contributed by atoms with E-state index in [1.807, 2.05) is 26.0 Å². The molecule has 2 heterocycles. The van der Waals surface area contributed by atoms with E-state index in [0.717, 1.165) is 18.6 Å². The maximum absolute atomic E-state index is 12.9.